The first-order chi connectivity index (χ1) is 22.2. The Kier molecular flexibility index (Phi) is 4.92. The average molecular weight is 575 g/mol. The lowest BCUT2D eigenvalue weighted by Crippen LogP contribution is -2.24. The molecule has 1 aliphatic heterocycles. The van der Waals surface area contributed by atoms with Gasteiger partial charge in [-0.2, -0.15) is 0 Å². The van der Waals surface area contributed by atoms with Crippen LogP contribution in [0.25, 0.3) is 71.0 Å². The van der Waals surface area contributed by atoms with Crippen molar-refractivity contribution in [1.29, 1.82) is 0 Å². The van der Waals surface area contributed by atoms with E-state index in [1.165, 1.54) is 37.9 Å². The van der Waals surface area contributed by atoms with Crippen LogP contribution in [0.3, 0.4) is 0 Å². The van der Waals surface area contributed by atoms with E-state index in [-0.39, 0.29) is 5.92 Å². The van der Waals surface area contributed by atoms with Crippen LogP contribution >= 0.6 is 0 Å². The number of rotatable bonds is 1. The second kappa shape index (κ2) is 9.04. The maximum Gasteiger partial charge on any atom is 0.141 e. The van der Waals surface area contributed by atoms with Crippen LogP contribution in [0.4, 0.5) is 0 Å². The quantitative estimate of drug-likeness (QED) is 0.192. The Morgan fingerprint density at radius 3 is 2.36 bits per heavy atom. The zero-order valence-corrected chi connectivity index (χ0v) is 24.4. The van der Waals surface area contributed by atoms with Gasteiger partial charge in [-0.25, -0.2) is 4.99 Å². The third-order valence-electron chi connectivity index (χ3n) is 9.56. The van der Waals surface area contributed by atoms with Crippen molar-refractivity contribution >= 4 is 76.8 Å². The smallest absolute Gasteiger partial charge is 0.141 e. The Morgan fingerprint density at radius 1 is 0.622 bits per heavy atom. The van der Waals surface area contributed by atoms with Gasteiger partial charge in [0.15, 0.2) is 0 Å². The van der Waals surface area contributed by atoms with Gasteiger partial charge in [0.1, 0.15) is 17.0 Å². The number of allylic oxidation sites excluding steroid dienone is 6. The van der Waals surface area contributed by atoms with E-state index in [9.17, 15) is 0 Å². The molecule has 2 aliphatic rings. The number of aliphatic imine (C=N–C) groups is 1. The molecule has 0 saturated carbocycles. The molecule has 45 heavy (non-hydrogen) atoms. The van der Waals surface area contributed by atoms with Gasteiger partial charge in [-0.3, -0.25) is 4.57 Å². The van der Waals surface area contributed by atoms with Crippen molar-refractivity contribution in [2.45, 2.75) is 0 Å². The molecule has 0 saturated heterocycles. The van der Waals surface area contributed by atoms with Gasteiger partial charge in [-0.15, -0.1) is 0 Å². The lowest BCUT2D eigenvalue weighted by molar-refractivity contribution is 0.669. The summed E-state index contributed by atoms with van der Waals surface area (Å²) >= 11 is 0. The maximum absolute atomic E-state index is 6.25. The monoisotopic (exact) mass is 574 g/mol. The summed E-state index contributed by atoms with van der Waals surface area (Å²) in [5.41, 5.74) is 8.34. The minimum absolute atomic E-state index is 0.0394. The normalized spacial score (nSPS) is 16.6. The van der Waals surface area contributed by atoms with Crippen LogP contribution in [0.5, 0.6) is 0 Å². The fraction of sp³-hybridized carbons (Fsp3) is 0.0238. The first-order valence-electron chi connectivity index (χ1n) is 15.4. The van der Waals surface area contributed by atoms with E-state index < -0.39 is 0 Å². The fourth-order valence-corrected chi connectivity index (χ4v) is 7.45. The predicted molar refractivity (Wildman–Crippen MR) is 189 cm³/mol. The van der Waals surface area contributed by atoms with Gasteiger partial charge >= 0.3 is 0 Å². The van der Waals surface area contributed by atoms with E-state index in [0.717, 1.165) is 55.6 Å². The minimum atomic E-state index is 0.0394. The van der Waals surface area contributed by atoms with Gasteiger partial charge < -0.3 is 4.42 Å². The molecule has 1 unspecified atom stereocenters. The Hall–Kier alpha value is -5.93. The molecular formula is C42H26N2O. The van der Waals surface area contributed by atoms with E-state index in [1.807, 2.05) is 12.1 Å². The Bertz CT molecular complexity index is 2730. The van der Waals surface area contributed by atoms with Gasteiger partial charge in [0.05, 0.1) is 16.7 Å². The standard InChI is InChI=1S/C42H26N2O/c1-25-30-12-4-5-14-32(30)41(29-19-18-26-10-2-3-11-27(26)22-29)43-42(25)44-36-16-8-6-13-31(36)35-24-34-28(23-37(35)44)20-21-39-40(34)33-15-7-9-17-38(33)45-39/h2-24,30H,1H2. The molecule has 3 heteroatoms. The molecule has 3 heterocycles. The number of hydrogen-bond acceptors (Lipinski definition) is 2. The largest absolute Gasteiger partial charge is 0.456 e. The Morgan fingerprint density at radius 2 is 1.42 bits per heavy atom. The van der Waals surface area contributed by atoms with E-state index in [0.29, 0.717) is 0 Å². The highest BCUT2D eigenvalue weighted by atomic mass is 16.3. The molecule has 6 aromatic carbocycles. The number of benzene rings is 6. The molecule has 0 N–H and O–H groups in total. The molecular weight excluding hydrogens is 548 g/mol. The summed E-state index contributed by atoms with van der Waals surface area (Å²) in [6.07, 6.45) is 8.67. The lowest BCUT2D eigenvalue weighted by atomic mass is 9.83. The summed E-state index contributed by atoms with van der Waals surface area (Å²) in [5.74, 6) is 0.921. The molecule has 1 atom stereocenters. The van der Waals surface area contributed by atoms with E-state index in [4.69, 9.17) is 9.41 Å². The van der Waals surface area contributed by atoms with Crippen molar-refractivity contribution in [3.8, 4) is 0 Å². The second-order valence-corrected chi connectivity index (χ2v) is 12.0. The van der Waals surface area contributed by atoms with E-state index in [1.54, 1.807) is 0 Å². The van der Waals surface area contributed by atoms with Gasteiger partial charge in [-0.05, 0) is 69.1 Å². The molecule has 2 aromatic heterocycles. The Labute approximate surface area is 259 Å². The van der Waals surface area contributed by atoms with Crippen LogP contribution in [0.1, 0.15) is 5.56 Å². The molecule has 0 bridgehead atoms. The van der Waals surface area contributed by atoms with Crippen molar-refractivity contribution in [1.82, 2.24) is 4.57 Å². The summed E-state index contributed by atoms with van der Waals surface area (Å²) in [5, 5.41) is 9.46. The lowest BCUT2D eigenvalue weighted by Gasteiger charge is -2.29. The van der Waals surface area contributed by atoms with Crippen LogP contribution in [0.15, 0.2) is 167 Å². The topological polar surface area (TPSA) is 30.4 Å². The number of para-hydroxylation sites is 2. The first-order valence-corrected chi connectivity index (χ1v) is 15.4. The van der Waals surface area contributed by atoms with Crippen molar-refractivity contribution < 1.29 is 4.42 Å². The summed E-state index contributed by atoms with van der Waals surface area (Å²) in [6.45, 7) is 4.67. The number of furan rings is 1. The SMILES string of the molecule is C=C1C(n2c3ccccc3c3cc4c(ccc5oc6ccccc6c54)cc32)=NC(c2ccc3ccccc3c2)=C2C=CC=CC12. The third kappa shape index (κ3) is 3.44. The van der Waals surface area contributed by atoms with Crippen molar-refractivity contribution in [3.63, 3.8) is 0 Å². The zero-order chi connectivity index (χ0) is 29.6. The Balaban J connectivity index is 1.28. The molecule has 0 amide bonds. The van der Waals surface area contributed by atoms with Crippen LogP contribution in [-0.2, 0) is 0 Å². The number of nitrogens with zero attached hydrogens (tertiary/aromatic N) is 2. The zero-order valence-electron chi connectivity index (χ0n) is 24.4. The molecule has 3 nitrogen and oxygen atoms in total. The second-order valence-electron chi connectivity index (χ2n) is 12.0. The fourth-order valence-electron chi connectivity index (χ4n) is 7.45. The van der Waals surface area contributed by atoms with E-state index >= 15 is 0 Å². The van der Waals surface area contributed by atoms with Crippen molar-refractivity contribution in [3.05, 3.63) is 163 Å². The highest BCUT2D eigenvalue weighted by Crippen LogP contribution is 2.43. The maximum atomic E-state index is 6.25. The highest BCUT2D eigenvalue weighted by Gasteiger charge is 2.30. The molecule has 0 fully saturated rings. The van der Waals surface area contributed by atoms with Crippen LogP contribution in [-0.4, -0.2) is 10.4 Å². The van der Waals surface area contributed by atoms with Gasteiger partial charge in [0, 0.05) is 33.0 Å². The van der Waals surface area contributed by atoms with Crippen molar-refractivity contribution in [2.24, 2.45) is 10.9 Å². The van der Waals surface area contributed by atoms with Gasteiger partial charge in [0.2, 0.25) is 0 Å². The molecule has 0 radical (unpaired) electrons. The van der Waals surface area contributed by atoms with Gasteiger partial charge in [0.25, 0.3) is 0 Å². The first kappa shape index (κ1) is 24.5. The van der Waals surface area contributed by atoms with Crippen LogP contribution in [0.2, 0.25) is 0 Å². The van der Waals surface area contributed by atoms with E-state index in [2.05, 4.69) is 139 Å². The summed E-state index contributed by atoms with van der Waals surface area (Å²) in [7, 11) is 0. The molecule has 8 aromatic rings. The summed E-state index contributed by atoms with van der Waals surface area (Å²) in [4.78, 5) is 5.49. The third-order valence-corrected chi connectivity index (χ3v) is 9.56. The summed E-state index contributed by atoms with van der Waals surface area (Å²) in [6, 6.07) is 41.0. The average Bonchev–Trinajstić information content (AvgIpc) is 3.63. The highest BCUT2D eigenvalue weighted by molar-refractivity contribution is 6.26. The minimum Gasteiger partial charge on any atom is -0.456 e. The predicted octanol–water partition coefficient (Wildman–Crippen LogP) is 11.0. The van der Waals surface area contributed by atoms with Crippen LogP contribution in [0, 0.1) is 5.92 Å². The van der Waals surface area contributed by atoms with Crippen molar-refractivity contribution in [2.75, 3.05) is 0 Å². The number of hydrogen-bond donors (Lipinski definition) is 0. The molecule has 10 rings (SSSR count). The summed E-state index contributed by atoms with van der Waals surface area (Å²) < 4.78 is 8.58. The number of fused-ring (bicyclic) bond motifs is 10. The molecule has 210 valence electrons. The number of aromatic nitrogens is 1. The van der Waals surface area contributed by atoms with Crippen LogP contribution < -0.4 is 0 Å². The van der Waals surface area contributed by atoms with Gasteiger partial charge in [-0.1, -0.05) is 110 Å². The molecule has 1 aliphatic carbocycles. The molecule has 0 spiro atoms.